The van der Waals surface area contributed by atoms with Crippen LogP contribution in [0.5, 0.6) is 5.75 Å². The molecule has 2 N–H and O–H groups in total. The number of hydrogen-bond donors (Lipinski definition) is 1. The number of benzene rings is 2. The first-order valence-corrected chi connectivity index (χ1v) is 7.28. The zero-order chi connectivity index (χ0) is 13.8. The molecule has 0 atom stereocenters. The van der Waals surface area contributed by atoms with Crippen LogP contribution in [0.1, 0.15) is 11.1 Å². The van der Waals surface area contributed by atoms with Crippen LogP contribution in [0.2, 0.25) is 5.02 Å². The Balaban J connectivity index is 2.16. The Morgan fingerprint density at radius 2 is 2.00 bits per heavy atom. The molecule has 0 aromatic heterocycles. The summed E-state index contributed by atoms with van der Waals surface area (Å²) in [7, 11) is 1.67. The molecule has 0 aliphatic rings. The number of methoxy groups -OCH3 is 1. The van der Waals surface area contributed by atoms with E-state index in [9.17, 15) is 0 Å². The Labute approximate surface area is 122 Å². The number of hydrogen-bond acceptors (Lipinski definition) is 3. The van der Waals surface area contributed by atoms with E-state index in [2.05, 4.69) is 6.92 Å². The average molecular weight is 294 g/mol. The van der Waals surface area contributed by atoms with Crippen LogP contribution in [-0.4, -0.2) is 7.11 Å². The van der Waals surface area contributed by atoms with Crippen molar-refractivity contribution in [2.75, 3.05) is 12.8 Å². The van der Waals surface area contributed by atoms with Gasteiger partial charge in [-0.15, -0.1) is 11.8 Å². The van der Waals surface area contributed by atoms with Crippen molar-refractivity contribution < 1.29 is 4.74 Å². The molecule has 4 heteroatoms. The van der Waals surface area contributed by atoms with E-state index in [-0.39, 0.29) is 0 Å². The van der Waals surface area contributed by atoms with Crippen LogP contribution in [0, 0.1) is 6.92 Å². The van der Waals surface area contributed by atoms with Crippen LogP contribution in [0.25, 0.3) is 0 Å². The number of aryl methyl sites for hydroxylation is 1. The first-order valence-electron chi connectivity index (χ1n) is 5.91. The van der Waals surface area contributed by atoms with Crippen LogP contribution in [0.15, 0.2) is 41.3 Å². The lowest BCUT2D eigenvalue weighted by Gasteiger charge is -2.10. The molecule has 0 saturated heterocycles. The third-order valence-corrected chi connectivity index (χ3v) is 4.28. The third-order valence-electron chi connectivity index (χ3n) is 2.82. The van der Waals surface area contributed by atoms with Crippen molar-refractivity contribution in [1.82, 2.24) is 0 Å². The van der Waals surface area contributed by atoms with Gasteiger partial charge in [0.05, 0.1) is 7.11 Å². The van der Waals surface area contributed by atoms with Crippen molar-refractivity contribution in [1.29, 1.82) is 0 Å². The minimum atomic E-state index is 0.727. The summed E-state index contributed by atoms with van der Waals surface area (Å²) in [5.41, 5.74) is 8.83. The SMILES string of the molecule is COc1ccc(Cl)cc1CSc1ccc(N)cc1C. The number of anilines is 1. The fourth-order valence-electron chi connectivity index (χ4n) is 1.85. The highest BCUT2D eigenvalue weighted by atomic mass is 35.5. The highest BCUT2D eigenvalue weighted by Gasteiger charge is 2.06. The van der Waals surface area contributed by atoms with Gasteiger partial charge in [-0.05, 0) is 48.9 Å². The summed E-state index contributed by atoms with van der Waals surface area (Å²) < 4.78 is 5.35. The molecule has 2 aromatic rings. The quantitative estimate of drug-likeness (QED) is 0.664. The van der Waals surface area contributed by atoms with Crippen LogP contribution in [-0.2, 0) is 5.75 Å². The van der Waals surface area contributed by atoms with Crippen molar-refractivity contribution in [3.8, 4) is 5.75 Å². The average Bonchev–Trinajstić information content (AvgIpc) is 2.38. The summed E-state index contributed by atoms with van der Waals surface area (Å²) in [4.78, 5) is 1.22. The summed E-state index contributed by atoms with van der Waals surface area (Å²) in [6, 6.07) is 11.6. The Morgan fingerprint density at radius 3 is 2.68 bits per heavy atom. The zero-order valence-electron chi connectivity index (χ0n) is 10.9. The molecule has 100 valence electrons. The van der Waals surface area contributed by atoms with E-state index < -0.39 is 0 Å². The molecule has 0 radical (unpaired) electrons. The maximum absolute atomic E-state index is 6.03. The normalized spacial score (nSPS) is 10.5. The summed E-state index contributed by atoms with van der Waals surface area (Å²) >= 11 is 7.78. The summed E-state index contributed by atoms with van der Waals surface area (Å²) in [5.74, 6) is 1.68. The van der Waals surface area contributed by atoms with Gasteiger partial charge >= 0.3 is 0 Å². The third kappa shape index (κ3) is 3.58. The van der Waals surface area contributed by atoms with Crippen LogP contribution >= 0.6 is 23.4 Å². The molecule has 0 fully saturated rings. The van der Waals surface area contributed by atoms with Gasteiger partial charge in [0, 0.05) is 26.9 Å². The number of halogens is 1. The van der Waals surface area contributed by atoms with Gasteiger partial charge in [0.25, 0.3) is 0 Å². The van der Waals surface area contributed by atoms with E-state index in [1.165, 1.54) is 10.5 Å². The van der Waals surface area contributed by atoms with Gasteiger partial charge in [-0.25, -0.2) is 0 Å². The molecule has 2 nitrogen and oxygen atoms in total. The maximum atomic E-state index is 6.03. The lowest BCUT2D eigenvalue weighted by molar-refractivity contribution is 0.411. The number of nitrogen functional groups attached to an aromatic ring is 1. The van der Waals surface area contributed by atoms with Gasteiger partial charge in [-0.2, -0.15) is 0 Å². The van der Waals surface area contributed by atoms with Gasteiger partial charge in [-0.3, -0.25) is 0 Å². The second-order valence-corrected chi connectivity index (χ2v) is 5.72. The second kappa shape index (κ2) is 6.22. The Hall–Kier alpha value is -1.32. The minimum Gasteiger partial charge on any atom is -0.496 e. The van der Waals surface area contributed by atoms with Crippen molar-refractivity contribution >= 4 is 29.1 Å². The fourth-order valence-corrected chi connectivity index (χ4v) is 3.03. The maximum Gasteiger partial charge on any atom is 0.123 e. The van der Waals surface area contributed by atoms with Gasteiger partial charge in [0.2, 0.25) is 0 Å². The standard InChI is InChI=1S/C15H16ClNOS/c1-10-7-13(17)4-6-15(10)19-9-11-8-12(16)3-5-14(11)18-2/h3-8H,9,17H2,1-2H3. The molecule has 0 aliphatic heterocycles. The number of nitrogens with two attached hydrogens (primary N) is 1. The molecule has 0 unspecified atom stereocenters. The Bertz CT molecular complexity index is 586. The lowest BCUT2D eigenvalue weighted by Crippen LogP contribution is -1.91. The molecule has 0 aliphatic carbocycles. The Morgan fingerprint density at radius 1 is 1.21 bits per heavy atom. The van der Waals surface area contributed by atoms with Gasteiger partial charge in [0.15, 0.2) is 0 Å². The number of ether oxygens (including phenoxy) is 1. The molecule has 19 heavy (non-hydrogen) atoms. The van der Waals surface area contributed by atoms with Crippen molar-refractivity contribution in [3.05, 3.63) is 52.5 Å². The van der Waals surface area contributed by atoms with E-state index in [1.54, 1.807) is 18.9 Å². The van der Waals surface area contributed by atoms with Gasteiger partial charge in [0.1, 0.15) is 5.75 Å². The van der Waals surface area contributed by atoms with E-state index in [0.717, 1.165) is 27.8 Å². The van der Waals surface area contributed by atoms with Crippen molar-refractivity contribution in [2.24, 2.45) is 0 Å². The largest absolute Gasteiger partial charge is 0.496 e. The molecule has 0 spiro atoms. The van der Waals surface area contributed by atoms with Crippen LogP contribution in [0.3, 0.4) is 0 Å². The van der Waals surface area contributed by atoms with Crippen molar-refractivity contribution in [3.63, 3.8) is 0 Å². The fraction of sp³-hybridized carbons (Fsp3) is 0.200. The van der Waals surface area contributed by atoms with E-state index in [4.69, 9.17) is 22.1 Å². The van der Waals surface area contributed by atoms with E-state index >= 15 is 0 Å². The van der Waals surface area contributed by atoms with E-state index in [1.807, 2.05) is 36.4 Å². The first-order chi connectivity index (χ1) is 9.10. The monoisotopic (exact) mass is 293 g/mol. The van der Waals surface area contributed by atoms with Gasteiger partial charge < -0.3 is 10.5 Å². The summed E-state index contributed by atoms with van der Waals surface area (Å²) in [6.45, 7) is 2.06. The minimum absolute atomic E-state index is 0.727. The lowest BCUT2D eigenvalue weighted by atomic mass is 10.2. The highest BCUT2D eigenvalue weighted by Crippen LogP contribution is 2.32. The molecule has 0 amide bonds. The second-order valence-electron chi connectivity index (χ2n) is 4.27. The summed E-state index contributed by atoms with van der Waals surface area (Å²) in [5, 5.41) is 0.727. The predicted octanol–water partition coefficient (Wildman–Crippen LogP) is 4.53. The van der Waals surface area contributed by atoms with Crippen LogP contribution < -0.4 is 10.5 Å². The van der Waals surface area contributed by atoms with Crippen LogP contribution in [0.4, 0.5) is 5.69 Å². The Kier molecular flexibility index (Phi) is 4.61. The first kappa shape index (κ1) is 14.1. The molecule has 2 rings (SSSR count). The van der Waals surface area contributed by atoms with Crippen molar-refractivity contribution in [2.45, 2.75) is 17.6 Å². The highest BCUT2D eigenvalue weighted by molar-refractivity contribution is 7.98. The summed E-state index contributed by atoms with van der Waals surface area (Å²) in [6.07, 6.45) is 0. The molecular weight excluding hydrogens is 278 g/mol. The smallest absolute Gasteiger partial charge is 0.123 e. The molecule has 0 saturated carbocycles. The number of rotatable bonds is 4. The molecule has 0 bridgehead atoms. The molecule has 0 heterocycles. The molecule has 2 aromatic carbocycles. The number of thioether (sulfide) groups is 1. The van der Waals surface area contributed by atoms with Gasteiger partial charge in [-0.1, -0.05) is 11.6 Å². The molecular formula is C15H16ClNOS. The van der Waals surface area contributed by atoms with E-state index in [0.29, 0.717) is 0 Å². The zero-order valence-corrected chi connectivity index (χ0v) is 12.5. The topological polar surface area (TPSA) is 35.2 Å². The predicted molar refractivity (Wildman–Crippen MR) is 83.2 cm³/mol.